The average Bonchev–Trinajstić information content (AvgIpc) is 3.20. The Morgan fingerprint density at radius 2 is 0.545 bits per heavy atom. The van der Waals surface area contributed by atoms with E-state index in [1.165, 1.54) is 0 Å². The number of rotatable bonds is 23. The topological polar surface area (TPSA) is 173 Å². The van der Waals surface area contributed by atoms with Crippen molar-refractivity contribution in [3.05, 3.63) is 138 Å². The summed E-state index contributed by atoms with van der Waals surface area (Å²) in [4.78, 5) is 82.2. The molecule has 0 aliphatic rings. The zero-order valence-corrected chi connectivity index (χ0v) is 42.3. The number of esters is 2. The Balaban J connectivity index is 1.25. The van der Waals surface area contributed by atoms with Crippen LogP contribution >= 0.6 is 14.3 Å². The molecule has 354 valence electrons. The molecule has 0 saturated carbocycles. The Hall–Kier alpha value is -5.12. The predicted octanol–water partition coefficient (Wildman–Crippen LogP) is 10.7. The molecule has 0 N–H and O–H groups in total. The van der Waals surface area contributed by atoms with Gasteiger partial charge in [0.2, 0.25) is 36.4 Å². The number of hydrogen-bond donors (Lipinski definition) is 0. The van der Waals surface area contributed by atoms with E-state index < -0.39 is 73.5 Å². The molecule has 0 aromatic heterocycles. The molecule has 0 fully saturated rings. The fourth-order valence-corrected chi connectivity index (χ4v) is 13.8. The van der Waals surface area contributed by atoms with Crippen molar-refractivity contribution >= 4 is 48.3 Å². The van der Waals surface area contributed by atoms with E-state index in [-0.39, 0.29) is 61.9 Å². The summed E-state index contributed by atoms with van der Waals surface area (Å²) in [6.45, 7) is 21.4. The normalized spacial score (nSPS) is 11.6. The van der Waals surface area contributed by atoms with Gasteiger partial charge in [-0.15, -0.1) is 0 Å². The summed E-state index contributed by atoms with van der Waals surface area (Å²) in [6.07, 6.45) is -1.82. The molecule has 0 bridgehead atoms. The number of carbonyl (C=O) groups is 6. The van der Waals surface area contributed by atoms with Crippen molar-refractivity contribution in [2.75, 3.05) is 52.0 Å². The van der Waals surface area contributed by atoms with Crippen molar-refractivity contribution in [3.8, 4) is 0 Å². The third kappa shape index (κ3) is 12.9. The zero-order valence-electron chi connectivity index (χ0n) is 40.5. The Bertz CT molecular complexity index is 2240. The first-order valence-electron chi connectivity index (χ1n) is 22.1. The second-order valence-corrected chi connectivity index (χ2v) is 22.9. The van der Waals surface area contributed by atoms with Crippen LogP contribution in [0.15, 0.2) is 48.5 Å². The van der Waals surface area contributed by atoms with Crippen LogP contribution in [0.25, 0.3) is 0 Å². The van der Waals surface area contributed by atoms with Crippen molar-refractivity contribution in [1.29, 1.82) is 0 Å². The lowest BCUT2D eigenvalue weighted by Crippen LogP contribution is -2.20. The summed E-state index contributed by atoms with van der Waals surface area (Å²) in [5.74, 6) is -1.48. The summed E-state index contributed by atoms with van der Waals surface area (Å²) in [7, 11) is -8.71. The minimum Gasteiger partial charge on any atom is -0.463 e. The summed E-state index contributed by atoms with van der Waals surface area (Å²) < 4.78 is 51.0. The molecule has 0 spiro atoms. The largest absolute Gasteiger partial charge is 0.463 e. The van der Waals surface area contributed by atoms with Crippen molar-refractivity contribution in [2.45, 2.75) is 95.9 Å². The lowest BCUT2D eigenvalue weighted by Gasteiger charge is -2.21. The van der Waals surface area contributed by atoms with Crippen LogP contribution in [0.2, 0.25) is 0 Å². The van der Waals surface area contributed by atoms with Crippen LogP contribution < -0.4 is 0 Å². The van der Waals surface area contributed by atoms with E-state index in [2.05, 4.69) is 0 Å². The van der Waals surface area contributed by atoms with Gasteiger partial charge in [0.05, 0.1) is 39.3 Å². The molecule has 4 rings (SSSR count). The van der Waals surface area contributed by atoms with E-state index in [4.69, 9.17) is 18.9 Å². The van der Waals surface area contributed by atoms with Crippen molar-refractivity contribution in [3.63, 3.8) is 0 Å². The molecule has 0 aliphatic carbocycles. The molecule has 14 heteroatoms. The summed E-state index contributed by atoms with van der Waals surface area (Å²) in [5.41, 5.74) is 6.26. The summed E-state index contributed by atoms with van der Waals surface area (Å²) in [5, 5.41) is 0. The van der Waals surface area contributed by atoms with Gasteiger partial charge >= 0.3 is 11.9 Å². The molecule has 0 aliphatic heterocycles. The summed E-state index contributed by atoms with van der Waals surface area (Å²) >= 11 is 0. The van der Waals surface area contributed by atoms with E-state index in [1.807, 2.05) is 27.7 Å². The maximum atomic E-state index is 14.7. The van der Waals surface area contributed by atoms with Crippen LogP contribution in [0.3, 0.4) is 0 Å². The third-order valence-corrected chi connectivity index (χ3v) is 16.7. The highest BCUT2D eigenvalue weighted by atomic mass is 31.2. The van der Waals surface area contributed by atoms with Crippen molar-refractivity contribution < 1.29 is 56.8 Å². The number of hydrogen-bond acceptors (Lipinski definition) is 12. The number of carbonyl (C=O) groups excluding carboxylic acids is 6. The lowest BCUT2D eigenvalue weighted by atomic mass is 10.0. The SMILES string of the molecule is Cc1cc(C)c(C(=O)P(=O)(CCC(=O)OCCOCCOCCOC(=O)CCP(=O)(C(=O)c2c(C)cc(C)cc2C)C(=O)c2c(C)cc(C)cc2C)C(=O)c2c(C)cc(C)cc2C)c(C)c1. The molecule has 66 heavy (non-hydrogen) atoms. The smallest absolute Gasteiger partial charge is 0.306 e. The van der Waals surface area contributed by atoms with Crippen LogP contribution in [-0.2, 0) is 37.7 Å². The highest BCUT2D eigenvalue weighted by Gasteiger charge is 2.45. The molecule has 4 aromatic carbocycles. The average molecular weight is 943 g/mol. The highest BCUT2D eigenvalue weighted by Crippen LogP contribution is 2.55. The van der Waals surface area contributed by atoms with E-state index in [1.54, 1.807) is 104 Å². The first-order valence-corrected chi connectivity index (χ1v) is 25.9. The van der Waals surface area contributed by atoms with Gasteiger partial charge in [-0.2, -0.15) is 0 Å². The van der Waals surface area contributed by atoms with Gasteiger partial charge in [-0.1, -0.05) is 70.8 Å². The van der Waals surface area contributed by atoms with Crippen LogP contribution in [0.5, 0.6) is 0 Å². The van der Waals surface area contributed by atoms with Gasteiger partial charge < -0.3 is 28.1 Å². The maximum Gasteiger partial charge on any atom is 0.306 e. The van der Waals surface area contributed by atoms with Gasteiger partial charge in [-0.25, -0.2) is 0 Å². The van der Waals surface area contributed by atoms with E-state index >= 15 is 0 Å². The predicted molar refractivity (Wildman–Crippen MR) is 258 cm³/mol. The van der Waals surface area contributed by atoms with Crippen LogP contribution in [0.4, 0.5) is 0 Å². The minimum atomic E-state index is -4.36. The van der Waals surface area contributed by atoms with Gasteiger partial charge in [-0.3, -0.25) is 28.8 Å². The van der Waals surface area contributed by atoms with Gasteiger partial charge in [0.1, 0.15) is 13.2 Å². The van der Waals surface area contributed by atoms with Gasteiger partial charge in [0, 0.05) is 34.6 Å². The molecule has 12 nitrogen and oxygen atoms in total. The van der Waals surface area contributed by atoms with Crippen molar-refractivity contribution in [2.24, 2.45) is 0 Å². The molecule has 0 amide bonds. The molecule has 0 radical (unpaired) electrons. The Morgan fingerprint density at radius 1 is 0.348 bits per heavy atom. The first kappa shape index (κ1) is 53.5. The van der Waals surface area contributed by atoms with Gasteiger partial charge in [0.25, 0.3) is 0 Å². The maximum absolute atomic E-state index is 14.7. The van der Waals surface area contributed by atoms with Crippen LogP contribution in [0, 0.1) is 83.1 Å². The van der Waals surface area contributed by atoms with E-state index in [9.17, 15) is 37.9 Å². The Morgan fingerprint density at radius 3 is 0.758 bits per heavy atom. The minimum absolute atomic E-state index is 0.00386. The number of aryl methyl sites for hydroxylation is 12. The van der Waals surface area contributed by atoms with Crippen LogP contribution in [-0.4, -0.2) is 86.0 Å². The summed E-state index contributed by atoms with van der Waals surface area (Å²) in [6, 6.07) is 14.4. The molecular weight excluding hydrogens is 879 g/mol. The molecule has 0 unspecified atom stereocenters. The van der Waals surface area contributed by atoms with Gasteiger partial charge in [0.15, 0.2) is 0 Å². The van der Waals surface area contributed by atoms with Crippen LogP contribution in [0.1, 0.15) is 121 Å². The second kappa shape index (κ2) is 23.1. The Labute approximate surface area is 389 Å². The fourth-order valence-electron chi connectivity index (χ4n) is 8.78. The molecule has 0 saturated heterocycles. The fraction of sp³-hybridized carbons (Fsp3) is 0.423. The van der Waals surface area contributed by atoms with Gasteiger partial charge in [-0.05, 0) is 128 Å². The number of benzene rings is 4. The molecule has 0 atom stereocenters. The quantitative estimate of drug-likeness (QED) is 0.0392. The first-order chi connectivity index (χ1) is 30.9. The van der Waals surface area contributed by atoms with E-state index in [0.717, 1.165) is 22.3 Å². The highest BCUT2D eigenvalue weighted by molar-refractivity contribution is 7.95. The standard InChI is InChI=1S/C52H64O12P2/c1-31-23-35(5)45(36(6)24-31)49(55)65(59,50(56)46-37(7)25-32(2)26-38(46)8)21-13-43(53)63-19-17-61-15-16-62-18-20-64-44(54)14-22-66(60,51(57)47-39(9)27-33(3)28-40(47)10)52(58)48-41(11)29-34(4)30-42(48)12/h23-30H,13-22H2,1-12H3. The Kier molecular flexibility index (Phi) is 18.7. The second-order valence-electron chi connectivity index (χ2n) is 17.4. The molecular formula is C52H64O12P2. The monoisotopic (exact) mass is 942 g/mol. The van der Waals surface area contributed by atoms with E-state index in [0.29, 0.717) is 44.5 Å². The molecule has 4 aromatic rings. The zero-order chi connectivity index (χ0) is 49.3. The number of ether oxygens (including phenoxy) is 4. The van der Waals surface area contributed by atoms with Crippen molar-refractivity contribution in [1.82, 2.24) is 0 Å². The lowest BCUT2D eigenvalue weighted by molar-refractivity contribution is -0.146. The third-order valence-electron chi connectivity index (χ3n) is 11.5. The molecule has 0 heterocycles.